The van der Waals surface area contributed by atoms with Gasteiger partial charge in [0.15, 0.2) is 0 Å². The van der Waals surface area contributed by atoms with Crippen LogP contribution < -0.4 is 10.5 Å². The van der Waals surface area contributed by atoms with Crippen LogP contribution in [-0.4, -0.2) is 24.0 Å². The first-order valence-corrected chi connectivity index (χ1v) is 7.02. The topological polar surface area (TPSA) is 55.6 Å². The number of para-hydroxylation sites is 1. The molecule has 0 atom stereocenters. The zero-order valence-electron chi connectivity index (χ0n) is 12.0. The summed E-state index contributed by atoms with van der Waals surface area (Å²) in [6.07, 6.45) is 0. The molecule has 4 nitrogen and oxygen atoms in total. The lowest BCUT2D eigenvalue weighted by Crippen LogP contribution is -2.33. The lowest BCUT2D eigenvalue weighted by atomic mass is 10.1. The van der Waals surface area contributed by atoms with E-state index in [0.29, 0.717) is 30.9 Å². The molecule has 2 aromatic carbocycles. The average molecular weight is 282 g/mol. The van der Waals surface area contributed by atoms with Crippen molar-refractivity contribution in [2.75, 3.05) is 18.9 Å². The summed E-state index contributed by atoms with van der Waals surface area (Å²) < 4.78 is 5.70. The van der Waals surface area contributed by atoms with Crippen molar-refractivity contribution in [2.24, 2.45) is 0 Å². The average Bonchev–Trinajstić information content (AvgIpc) is 2.71. The molecule has 1 aliphatic heterocycles. The van der Waals surface area contributed by atoms with Crippen LogP contribution in [0.2, 0.25) is 0 Å². The third-order valence-electron chi connectivity index (χ3n) is 3.85. The maximum Gasteiger partial charge on any atom is 0.254 e. The van der Waals surface area contributed by atoms with Crippen LogP contribution in [0.3, 0.4) is 0 Å². The molecule has 0 saturated heterocycles. The SMILES string of the molecule is Cc1c(N)cccc1C(=O)N1CCOc2ccccc2C1. The summed E-state index contributed by atoms with van der Waals surface area (Å²) in [5.74, 6) is 0.859. The highest BCUT2D eigenvalue weighted by Gasteiger charge is 2.22. The number of anilines is 1. The van der Waals surface area contributed by atoms with Gasteiger partial charge in [-0.1, -0.05) is 24.3 Å². The van der Waals surface area contributed by atoms with E-state index < -0.39 is 0 Å². The van der Waals surface area contributed by atoms with Gasteiger partial charge in [-0.25, -0.2) is 0 Å². The molecule has 108 valence electrons. The number of benzene rings is 2. The Labute approximate surface area is 124 Å². The smallest absolute Gasteiger partial charge is 0.254 e. The largest absolute Gasteiger partial charge is 0.491 e. The third kappa shape index (κ3) is 2.57. The number of hydrogen-bond donors (Lipinski definition) is 1. The molecular weight excluding hydrogens is 264 g/mol. The van der Waals surface area contributed by atoms with Crippen LogP contribution in [0, 0.1) is 6.92 Å². The van der Waals surface area contributed by atoms with Gasteiger partial charge in [0, 0.05) is 23.4 Å². The van der Waals surface area contributed by atoms with Crippen molar-refractivity contribution in [2.45, 2.75) is 13.5 Å². The van der Waals surface area contributed by atoms with E-state index in [-0.39, 0.29) is 5.91 Å². The summed E-state index contributed by atoms with van der Waals surface area (Å²) in [5, 5.41) is 0. The van der Waals surface area contributed by atoms with Crippen LogP contribution in [0.15, 0.2) is 42.5 Å². The molecule has 0 spiro atoms. The van der Waals surface area contributed by atoms with Crippen molar-refractivity contribution in [3.8, 4) is 5.75 Å². The quantitative estimate of drug-likeness (QED) is 0.818. The van der Waals surface area contributed by atoms with Gasteiger partial charge in [-0.05, 0) is 30.7 Å². The molecule has 2 N–H and O–H groups in total. The summed E-state index contributed by atoms with van der Waals surface area (Å²) in [5.41, 5.74) is 9.07. The first-order chi connectivity index (χ1) is 10.2. The number of nitrogen functional groups attached to an aromatic ring is 1. The minimum atomic E-state index is 0.0000954. The van der Waals surface area contributed by atoms with Gasteiger partial charge in [0.25, 0.3) is 5.91 Å². The van der Waals surface area contributed by atoms with Crippen molar-refractivity contribution in [1.82, 2.24) is 4.90 Å². The van der Waals surface area contributed by atoms with Gasteiger partial charge in [0.05, 0.1) is 6.54 Å². The maximum absolute atomic E-state index is 12.8. The Morgan fingerprint density at radius 2 is 2.00 bits per heavy atom. The Morgan fingerprint density at radius 3 is 2.86 bits per heavy atom. The number of carbonyl (C=O) groups is 1. The van der Waals surface area contributed by atoms with Gasteiger partial charge < -0.3 is 15.4 Å². The minimum Gasteiger partial charge on any atom is -0.491 e. The van der Waals surface area contributed by atoms with E-state index in [1.807, 2.05) is 54.3 Å². The highest BCUT2D eigenvalue weighted by Crippen LogP contribution is 2.24. The Morgan fingerprint density at radius 1 is 1.19 bits per heavy atom. The first-order valence-electron chi connectivity index (χ1n) is 7.02. The Kier molecular flexibility index (Phi) is 3.52. The predicted molar refractivity (Wildman–Crippen MR) is 82.3 cm³/mol. The molecule has 1 amide bonds. The van der Waals surface area contributed by atoms with Crippen molar-refractivity contribution in [1.29, 1.82) is 0 Å². The molecule has 1 aliphatic rings. The number of fused-ring (bicyclic) bond motifs is 1. The summed E-state index contributed by atoms with van der Waals surface area (Å²) in [4.78, 5) is 14.6. The Hall–Kier alpha value is -2.49. The van der Waals surface area contributed by atoms with E-state index in [0.717, 1.165) is 16.9 Å². The molecule has 0 radical (unpaired) electrons. The van der Waals surface area contributed by atoms with E-state index >= 15 is 0 Å². The monoisotopic (exact) mass is 282 g/mol. The number of amides is 1. The summed E-state index contributed by atoms with van der Waals surface area (Å²) in [7, 11) is 0. The van der Waals surface area contributed by atoms with Crippen LogP contribution in [0.1, 0.15) is 21.5 Å². The molecule has 0 aromatic heterocycles. The second kappa shape index (κ2) is 5.48. The molecule has 0 saturated carbocycles. The standard InChI is InChI=1S/C17H18N2O2/c1-12-14(6-4-7-15(12)18)17(20)19-9-10-21-16-8-3-2-5-13(16)11-19/h2-8H,9-11,18H2,1H3. The summed E-state index contributed by atoms with van der Waals surface area (Å²) in [6, 6.07) is 13.3. The molecule has 0 fully saturated rings. The molecule has 0 aliphatic carbocycles. The molecule has 3 rings (SSSR count). The zero-order valence-corrected chi connectivity index (χ0v) is 12.0. The van der Waals surface area contributed by atoms with Gasteiger partial charge in [-0.3, -0.25) is 4.79 Å². The number of carbonyl (C=O) groups excluding carboxylic acids is 1. The first kappa shape index (κ1) is 13.5. The van der Waals surface area contributed by atoms with Gasteiger partial charge in [0.2, 0.25) is 0 Å². The fourth-order valence-corrected chi connectivity index (χ4v) is 2.55. The van der Waals surface area contributed by atoms with Crippen molar-refractivity contribution >= 4 is 11.6 Å². The van der Waals surface area contributed by atoms with Crippen LogP contribution in [-0.2, 0) is 6.54 Å². The zero-order chi connectivity index (χ0) is 14.8. The molecule has 0 bridgehead atoms. The number of nitrogens with two attached hydrogens (primary N) is 1. The number of hydrogen-bond acceptors (Lipinski definition) is 3. The Balaban J connectivity index is 1.90. The van der Waals surface area contributed by atoms with E-state index in [4.69, 9.17) is 10.5 Å². The summed E-state index contributed by atoms with van der Waals surface area (Å²) in [6.45, 7) is 3.51. The molecule has 4 heteroatoms. The van der Waals surface area contributed by atoms with E-state index in [1.54, 1.807) is 0 Å². The van der Waals surface area contributed by atoms with E-state index in [1.165, 1.54) is 0 Å². The predicted octanol–water partition coefficient (Wildman–Crippen LogP) is 2.61. The van der Waals surface area contributed by atoms with Crippen molar-refractivity contribution in [3.63, 3.8) is 0 Å². The van der Waals surface area contributed by atoms with Gasteiger partial charge in [-0.15, -0.1) is 0 Å². The lowest BCUT2D eigenvalue weighted by molar-refractivity contribution is 0.0732. The number of nitrogens with zero attached hydrogens (tertiary/aromatic N) is 1. The van der Waals surface area contributed by atoms with Gasteiger partial charge in [0.1, 0.15) is 12.4 Å². The van der Waals surface area contributed by atoms with E-state index in [9.17, 15) is 4.79 Å². The molecule has 21 heavy (non-hydrogen) atoms. The highest BCUT2D eigenvalue weighted by molar-refractivity contribution is 5.97. The van der Waals surface area contributed by atoms with Gasteiger partial charge in [-0.2, -0.15) is 0 Å². The third-order valence-corrected chi connectivity index (χ3v) is 3.85. The fourth-order valence-electron chi connectivity index (χ4n) is 2.55. The van der Waals surface area contributed by atoms with E-state index in [2.05, 4.69) is 0 Å². The normalized spacial score (nSPS) is 14.0. The minimum absolute atomic E-state index is 0.0000954. The van der Waals surface area contributed by atoms with Crippen LogP contribution in [0.5, 0.6) is 5.75 Å². The summed E-state index contributed by atoms with van der Waals surface area (Å²) >= 11 is 0. The maximum atomic E-state index is 12.8. The van der Waals surface area contributed by atoms with Crippen molar-refractivity contribution in [3.05, 3.63) is 59.2 Å². The molecule has 1 heterocycles. The lowest BCUT2D eigenvalue weighted by Gasteiger charge is -2.21. The second-order valence-electron chi connectivity index (χ2n) is 5.20. The highest BCUT2D eigenvalue weighted by atomic mass is 16.5. The molecular formula is C17H18N2O2. The fraction of sp³-hybridized carbons (Fsp3) is 0.235. The molecule has 0 unspecified atom stereocenters. The van der Waals surface area contributed by atoms with Crippen LogP contribution in [0.4, 0.5) is 5.69 Å². The Bertz CT molecular complexity index is 682. The van der Waals surface area contributed by atoms with Gasteiger partial charge >= 0.3 is 0 Å². The number of rotatable bonds is 1. The van der Waals surface area contributed by atoms with Crippen molar-refractivity contribution < 1.29 is 9.53 Å². The molecule has 2 aromatic rings. The second-order valence-corrected chi connectivity index (χ2v) is 5.20. The number of ether oxygens (including phenoxy) is 1. The van der Waals surface area contributed by atoms with Crippen LogP contribution in [0.25, 0.3) is 0 Å². The van der Waals surface area contributed by atoms with Crippen LogP contribution >= 0.6 is 0 Å².